The van der Waals surface area contributed by atoms with Crippen LogP contribution >= 0.6 is 0 Å². The summed E-state index contributed by atoms with van der Waals surface area (Å²) < 4.78 is 5.71. The van der Waals surface area contributed by atoms with Crippen LogP contribution in [0.4, 0.5) is 10.5 Å². The first kappa shape index (κ1) is 17.1. The number of aliphatic hydroxyl groups excluding tert-OH is 1. The van der Waals surface area contributed by atoms with Crippen molar-refractivity contribution in [3.63, 3.8) is 0 Å². The summed E-state index contributed by atoms with van der Waals surface area (Å²) in [6, 6.07) is 2.76. The first-order valence-corrected chi connectivity index (χ1v) is 8.61. The van der Waals surface area contributed by atoms with Gasteiger partial charge in [0, 0.05) is 12.7 Å². The SMILES string of the molecule is CC1CCN(CC2OCC(NC(=O)Nc3cccnc3)C2O)CC1. The topological polar surface area (TPSA) is 86.7 Å². The maximum Gasteiger partial charge on any atom is 0.319 e. The van der Waals surface area contributed by atoms with E-state index in [2.05, 4.69) is 27.4 Å². The molecule has 1 aromatic rings. The molecule has 3 N–H and O–H groups in total. The van der Waals surface area contributed by atoms with E-state index in [1.54, 1.807) is 24.5 Å². The first-order valence-electron chi connectivity index (χ1n) is 8.61. The Morgan fingerprint density at radius 1 is 1.46 bits per heavy atom. The number of piperidine rings is 1. The van der Waals surface area contributed by atoms with Crippen LogP contribution in [-0.4, -0.2) is 65.5 Å². The number of carbonyl (C=O) groups excluding carboxylic acids is 1. The third kappa shape index (κ3) is 4.43. The first-order chi connectivity index (χ1) is 11.6. The van der Waals surface area contributed by atoms with E-state index >= 15 is 0 Å². The van der Waals surface area contributed by atoms with Gasteiger partial charge in [0.25, 0.3) is 0 Å². The second-order valence-corrected chi connectivity index (χ2v) is 6.79. The Kier molecular flexibility index (Phi) is 5.65. The fourth-order valence-electron chi connectivity index (χ4n) is 3.24. The van der Waals surface area contributed by atoms with E-state index in [1.165, 1.54) is 12.8 Å². The minimum atomic E-state index is -0.691. The zero-order valence-corrected chi connectivity index (χ0v) is 14.0. The Hall–Kier alpha value is -1.70. The van der Waals surface area contributed by atoms with Crippen molar-refractivity contribution < 1.29 is 14.6 Å². The lowest BCUT2D eigenvalue weighted by Gasteiger charge is -2.32. The highest BCUT2D eigenvalue weighted by molar-refractivity contribution is 5.89. The minimum absolute atomic E-state index is 0.248. The lowest BCUT2D eigenvalue weighted by Crippen LogP contribution is -2.48. The normalized spacial score (nSPS) is 28.7. The molecule has 2 aliphatic heterocycles. The average Bonchev–Trinajstić information content (AvgIpc) is 2.91. The van der Waals surface area contributed by atoms with Gasteiger partial charge in [-0.3, -0.25) is 4.98 Å². The number of nitrogens with one attached hydrogen (secondary N) is 2. The number of urea groups is 1. The molecule has 3 unspecified atom stereocenters. The molecular formula is C17H26N4O3. The molecule has 2 fully saturated rings. The predicted molar refractivity (Wildman–Crippen MR) is 90.8 cm³/mol. The van der Waals surface area contributed by atoms with Crippen molar-refractivity contribution in [2.24, 2.45) is 5.92 Å². The summed E-state index contributed by atoms with van der Waals surface area (Å²) in [4.78, 5) is 18.3. The molecule has 3 rings (SSSR count). The van der Waals surface area contributed by atoms with Gasteiger partial charge in [0.2, 0.25) is 0 Å². The second-order valence-electron chi connectivity index (χ2n) is 6.79. The van der Waals surface area contributed by atoms with Crippen molar-refractivity contribution in [2.45, 2.75) is 38.0 Å². The van der Waals surface area contributed by atoms with E-state index in [9.17, 15) is 9.90 Å². The largest absolute Gasteiger partial charge is 0.388 e. The molecule has 2 saturated heterocycles. The number of ether oxygens (including phenoxy) is 1. The van der Waals surface area contributed by atoms with E-state index in [0.29, 0.717) is 12.3 Å². The number of pyridine rings is 1. The smallest absolute Gasteiger partial charge is 0.319 e. The van der Waals surface area contributed by atoms with Crippen molar-refractivity contribution in [3.05, 3.63) is 24.5 Å². The van der Waals surface area contributed by atoms with Crippen LogP contribution in [0.15, 0.2) is 24.5 Å². The maximum atomic E-state index is 12.0. The van der Waals surface area contributed by atoms with Gasteiger partial charge < -0.3 is 25.4 Å². The van der Waals surface area contributed by atoms with E-state index in [1.807, 2.05) is 0 Å². The lowest BCUT2D eigenvalue weighted by atomic mass is 9.98. The van der Waals surface area contributed by atoms with Gasteiger partial charge in [-0.2, -0.15) is 0 Å². The molecule has 2 amide bonds. The Balaban J connectivity index is 1.45. The summed E-state index contributed by atoms with van der Waals surface area (Å²) in [5.41, 5.74) is 0.613. The van der Waals surface area contributed by atoms with E-state index in [-0.39, 0.29) is 12.1 Å². The third-order valence-corrected chi connectivity index (χ3v) is 4.83. The van der Waals surface area contributed by atoms with Crippen LogP contribution in [0.5, 0.6) is 0 Å². The highest BCUT2D eigenvalue weighted by Gasteiger charge is 2.38. The Bertz CT molecular complexity index is 534. The van der Waals surface area contributed by atoms with Gasteiger partial charge >= 0.3 is 6.03 Å². The number of likely N-dealkylation sites (tertiary alicyclic amines) is 1. The van der Waals surface area contributed by atoms with Crippen molar-refractivity contribution in [2.75, 3.05) is 31.6 Å². The second kappa shape index (κ2) is 7.92. The Morgan fingerprint density at radius 2 is 2.25 bits per heavy atom. The van der Waals surface area contributed by atoms with Gasteiger partial charge in [0.1, 0.15) is 6.10 Å². The molecule has 0 radical (unpaired) electrons. The molecule has 24 heavy (non-hydrogen) atoms. The van der Waals surface area contributed by atoms with Gasteiger partial charge in [-0.05, 0) is 44.0 Å². The van der Waals surface area contributed by atoms with Gasteiger partial charge in [-0.15, -0.1) is 0 Å². The standard InChI is InChI=1S/C17H26N4O3/c1-12-4-7-21(8-5-12)10-15-16(22)14(11-24-15)20-17(23)19-13-3-2-6-18-9-13/h2-3,6,9,12,14-16,22H,4-5,7-8,10-11H2,1H3,(H2,19,20,23). The van der Waals surface area contributed by atoms with Crippen molar-refractivity contribution in [1.82, 2.24) is 15.2 Å². The number of anilines is 1. The Labute approximate surface area is 142 Å². The zero-order valence-electron chi connectivity index (χ0n) is 14.0. The highest BCUT2D eigenvalue weighted by Crippen LogP contribution is 2.20. The highest BCUT2D eigenvalue weighted by atomic mass is 16.5. The molecule has 0 aliphatic carbocycles. The van der Waals surface area contributed by atoms with Crippen LogP contribution in [0.1, 0.15) is 19.8 Å². The molecule has 132 valence electrons. The molecule has 0 bridgehead atoms. The number of hydrogen-bond donors (Lipinski definition) is 3. The molecule has 0 saturated carbocycles. The van der Waals surface area contributed by atoms with Crippen LogP contribution < -0.4 is 10.6 Å². The number of aliphatic hydroxyl groups is 1. The molecule has 7 heteroatoms. The zero-order chi connectivity index (χ0) is 16.9. The summed E-state index contributed by atoms with van der Waals surface area (Å²) in [7, 11) is 0. The lowest BCUT2D eigenvalue weighted by molar-refractivity contribution is 0.00883. The maximum absolute atomic E-state index is 12.0. The summed E-state index contributed by atoms with van der Waals surface area (Å²) in [6.45, 7) is 5.42. The summed E-state index contributed by atoms with van der Waals surface area (Å²) in [5, 5.41) is 15.9. The van der Waals surface area contributed by atoms with Crippen LogP contribution in [0.2, 0.25) is 0 Å². The van der Waals surface area contributed by atoms with Crippen LogP contribution in [-0.2, 0) is 4.74 Å². The number of nitrogens with zero attached hydrogens (tertiary/aromatic N) is 2. The average molecular weight is 334 g/mol. The molecular weight excluding hydrogens is 308 g/mol. The fraction of sp³-hybridized carbons (Fsp3) is 0.647. The quantitative estimate of drug-likeness (QED) is 0.767. The molecule has 2 aliphatic rings. The van der Waals surface area contributed by atoms with Gasteiger partial charge in [0.05, 0.1) is 30.6 Å². The van der Waals surface area contributed by atoms with Crippen LogP contribution in [0.25, 0.3) is 0 Å². The summed E-state index contributed by atoms with van der Waals surface area (Å²) in [6.07, 6.45) is 4.66. The van der Waals surface area contributed by atoms with Gasteiger partial charge in [0.15, 0.2) is 0 Å². The number of carbonyl (C=O) groups is 1. The third-order valence-electron chi connectivity index (χ3n) is 4.83. The van der Waals surface area contributed by atoms with Crippen molar-refractivity contribution in [1.29, 1.82) is 0 Å². The Morgan fingerprint density at radius 3 is 2.96 bits per heavy atom. The number of aromatic nitrogens is 1. The molecule has 0 spiro atoms. The fourth-order valence-corrected chi connectivity index (χ4v) is 3.24. The number of rotatable bonds is 4. The monoisotopic (exact) mass is 334 g/mol. The summed E-state index contributed by atoms with van der Waals surface area (Å²) in [5.74, 6) is 0.779. The minimum Gasteiger partial charge on any atom is -0.388 e. The molecule has 3 atom stereocenters. The van der Waals surface area contributed by atoms with Crippen molar-refractivity contribution in [3.8, 4) is 0 Å². The predicted octanol–water partition coefficient (Wildman–Crippen LogP) is 1.06. The summed E-state index contributed by atoms with van der Waals surface area (Å²) >= 11 is 0. The molecule has 1 aromatic heterocycles. The van der Waals surface area contributed by atoms with Gasteiger partial charge in [-0.25, -0.2) is 4.79 Å². The van der Waals surface area contributed by atoms with Crippen LogP contribution in [0, 0.1) is 5.92 Å². The molecule has 3 heterocycles. The van der Waals surface area contributed by atoms with E-state index < -0.39 is 12.1 Å². The van der Waals surface area contributed by atoms with E-state index in [0.717, 1.165) is 25.6 Å². The van der Waals surface area contributed by atoms with Crippen LogP contribution in [0.3, 0.4) is 0 Å². The van der Waals surface area contributed by atoms with Gasteiger partial charge in [-0.1, -0.05) is 6.92 Å². The number of hydrogen-bond acceptors (Lipinski definition) is 5. The van der Waals surface area contributed by atoms with Crippen molar-refractivity contribution >= 4 is 11.7 Å². The van der Waals surface area contributed by atoms with E-state index in [4.69, 9.17) is 4.74 Å². The molecule has 0 aromatic carbocycles. The molecule has 7 nitrogen and oxygen atoms in total. The number of amides is 2.